The van der Waals surface area contributed by atoms with Gasteiger partial charge in [0.2, 0.25) is 6.29 Å². The first-order valence-corrected chi connectivity index (χ1v) is 42.1. The van der Waals surface area contributed by atoms with Crippen molar-refractivity contribution in [2.24, 2.45) is 24.8 Å². The molecule has 1 aromatic heterocycles. The Bertz CT molecular complexity index is 3800. The molecule has 0 unspecified atom stereocenters. The molecule has 3 aliphatic carbocycles. The van der Waals surface area contributed by atoms with Crippen LogP contribution in [-0.2, 0) is 47.0 Å². The SMILES string of the molecule is CC.CC.CC.CC(=O)OC(C)(C)C.CC(=O)c1ccccc1.CC(C)=O.CC(C)=O.CC1C(=O)c2ccccc2C1=O.CC1C=CC=C1.CC1CCCCC1.CC1Oc2ccccc2O1.CN1CCC(=O)C1.CN1CCCCC1.COC(=O)c1ccccc1.COCc1ccccc1.COc1ccccc1.Cc1ccccc1.Cn1cccc1. The number of ether oxygens (including phenoxy) is 6. The highest BCUT2D eigenvalue weighted by Gasteiger charge is 2.34. The van der Waals surface area contributed by atoms with Crippen LogP contribution in [0, 0.1) is 24.7 Å². The molecule has 0 N–H and O–H groups in total. The van der Waals surface area contributed by atoms with E-state index in [1.165, 1.54) is 117 Å². The Morgan fingerprint density at radius 3 is 1.10 bits per heavy atom. The maximum absolute atomic E-state index is 11.4. The van der Waals surface area contributed by atoms with Crippen molar-refractivity contribution in [2.75, 3.05) is 61.6 Å². The Kier molecular flexibility index (Phi) is 73.3. The average Bonchev–Trinajstić information content (AvgIpc) is 1.64. The van der Waals surface area contributed by atoms with Crippen LogP contribution in [0.15, 0.2) is 249 Å². The number of allylic oxidation sites excluding steroid dienone is 4. The van der Waals surface area contributed by atoms with Crippen molar-refractivity contribution in [3.63, 3.8) is 0 Å². The molecular formula is C103H151N3O14. The van der Waals surface area contributed by atoms with E-state index in [2.05, 4.69) is 73.9 Å². The quantitative estimate of drug-likeness (QED) is 0.0893. The first kappa shape index (κ1) is 116. The summed E-state index contributed by atoms with van der Waals surface area (Å²) in [6.45, 7) is 41.7. The van der Waals surface area contributed by atoms with Gasteiger partial charge in [-0.25, -0.2) is 4.79 Å². The van der Waals surface area contributed by atoms with Crippen molar-refractivity contribution in [3.05, 3.63) is 282 Å². The van der Waals surface area contributed by atoms with Gasteiger partial charge in [0.1, 0.15) is 28.7 Å². The largest absolute Gasteiger partial charge is 0.497 e. The number of likely N-dealkylation sites (tertiary alicyclic amines) is 2. The van der Waals surface area contributed by atoms with E-state index >= 15 is 0 Å². The number of aromatic nitrogens is 1. The maximum Gasteiger partial charge on any atom is 0.337 e. The van der Waals surface area contributed by atoms with Crippen LogP contribution in [-0.4, -0.2) is 134 Å². The summed E-state index contributed by atoms with van der Waals surface area (Å²) in [4.78, 5) is 88.2. The number of hydrogen-bond donors (Lipinski definition) is 0. The minimum absolute atomic E-state index is 0.0457. The highest BCUT2D eigenvalue weighted by molar-refractivity contribution is 6.26. The van der Waals surface area contributed by atoms with Crippen LogP contribution in [0.25, 0.3) is 0 Å². The van der Waals surface area contributed by atoms with Gasteiger partial charge in [-0.3, -0.25) is 28.9 Å². The van der Waals surface area contributed by atoms with Gasteiger partial charge in [-0.2, -0.15) is 0 Å². The molecule has 3 aliphatic heterocycles. The lowest BCUT2D eigenvalue weighted by Crippen LogP contribution is -2.24. The van der Waals surface area contributed by atoms with Gasteiger partial charge >= 0.3 is 11.9 Å². The summed E-state index contributed by atoms with van der Waals surface area (Å²) in [6, 6.07) is 66.8. The van der Waals surface area contributed by atoms with Crippen molar-refractivity contribution in [1.29, 1.82) is 0 Å². The molecule has 0 amide bonds. The Morgan fingerprint density at radius 2 is 0.850 bits per heavy atom. The number of carbonyl (C=O) groups is 8. The van der Waals surface area contributed by atoms with Gasteiger partial charge in [-0.15, -0.1) is 0 Å². The van der Waals surface area contributed by atoms with Crippen LogP contribution in [0.5, 0.6) is 17.2 Å². The van der Waals surface area contributed by atoms with E-state index in [1.807, 2.05) is 257 Å². The van der Waals surface area contributed by atoms with Gasteiger partial charge in [0.05, 0.1) is 38.9 Å². The Labute approximate surface area is 724 Å². The molecule has 3 fully saturated rings. The molecule has 662 valence electrons. The first-order valence-electron chi connectivity index (χ1n) is 42.1. The van der Waals surface area contributed by atoms with Gasteiger partial charge in [0.15, 0.2) is 28.8 Å². The highest BCUT2D eigenvalue weighted by atomic mass is 16.7. The van der Waals surface area contributed by atoms with Crippen LogP contribution in [0.1, 0.15) is 242 Å². The molecule has 1 saturated carbocycles. The molecule has 0 radical (unpaired) electrons. The van der Waals surface area contributed by atoms with E-state index in [-0.39, 0.29) is 52.7 Å². The number of hydrogen-bond acceptors (Lipinski definition) is 16. The van der Waals surface area contributed by atoms with Crippen molar-refractivity contribution in [2.45, 2.75) is 215 Å². The first-order chi connectivity index (χ1) is 57.2. The summed E-state index contributed by atoms with van der Waals surface area (Å²) in [7, 11) is 10.9. The topological polar surface area (TPSA) is 203 Å². The molecule has 14 rings (SSSR count). The summed E-state index contributed by atoms with van der Waals surface area (Å²) >= 11 is 0. The zero-order valence-corrected chi connectivity index (χ0v) is 77.9. The molecule has 120 heavy (non-hydrogen) atoms. The molecule has 0 bridgehead atoms. The number of fused-ring (bicyclic) bond motifs is 2. The number of aryl methyl sites for hydroxylation is 2. The standard InChI is InChI=1S/C10H8O2.2C8H8O2.C8H10O.C8H8O.C7H8O.C7H14.C7H8.C6H13N.C6H12O2.C6H8.C5H9NO.C5H7N.2C3H6O.3C2H6/c1-6-9(11)7-4-2-3-5-8(7)10(6)12;1-6-9-7-4-2-3-5-8(7)10-6;1-10-8(9)7-5-3-2-4-6-7;1-9-7-8-5-3-2-4-6-8;1-7(9)8-5-3-2-4-6-8;1-8-7-5-3-2-4-6-7;3*1-7-5-3-2-4-6-7;1-5(7)8-6(2,3)4;1-6-4-2-3-5-6;1-6-3-2-5(7)4-6;1-6-4-2-3-5-6;2*1-3(2)4;3*1-2/h2-6H,1H3;2*2-6H,1H3;2-6H,7H2,1H3;2-6H,1H3;2-6H,1H3;7H,2-6H2,1H3;2-6H,1H3;2-6H2,1H3;1-4H3;2-6H,1H3;2-4H2,1H3;2-5H,1H3;2*1-2H3;3*1-2H3. The van der Waals surface area contributed by atoms with Gasteiger partial charge in [0.25, 0.3) is 0 Å². The number of benzene rings is 7. The van der Waals surface area contributed by atoms with Gasteiger partial charge < -0.3 is 47.5 Å². The van der Waals surface area contributed by atoms with Crippen LogP contribution in [0.2, 0.25) is 0 Å². The number of likely N-dealkylation sites (N-methyl/N-ethyl adjacent to an activating group) is 1. The molecule has 17 nitrogen and oxygen atoms in total. The number of rotatable bonds is 5. The van der Waals surface area contributed by atoms with E-state index in [9.17, 15) is 38.4 Å². The molecule has 2 saturated heterocycles. The summed E-state index contributed by atoms with van der Waals surface area (Å²) < 4.78 is 31.7. The van der Waals surface area contributed by atoms with Crippen LogP contribution >= 0.6 is 0 Å². The number of esters is 2. The molecular weight excluding hydrogens is 1500 g/mol. The fraction of sp³-hybridized carbons (Fsp3) is 0.437. The predicted octanol–water partition coefficient (Wildman–Crippen LogP) is 24.4. The Hall–Kier alpha value is -10.5. The van der Waals surface area contributed by atoms with E-state index in [4.69, 9.17) is 23.7 Å². The van der Waals surface area contributed by atoms with E-state index in [0.29, 0.717) is 41.5 Å². The lowest BCUT2D eigenvalue weighted by Gasteiger charge is -2.20. The van der Waals surface area contributed by atoms with Gasteiger partial charge in [-0.05, 0) is 175 Å². The van der Waals surface area contributed by atoms with Crippen LogP contribution < -0.4 is 14.2 Å². The summed E-state index contributed by atoms with van der Waals surface area (Å²) in [6.07, 6.45) is 24.8. The minimum Gasteiger partial charge on any atom is -0.497 e. The third-order valence-corrected chi connectivity index (χ3v) is 16.0. The number of nitrogens with zero attached hydrogens (tertiary/aromatic N) is 3. The molecule has 0 spiro atoms. The molecule has 6 aliphatic rings. The summed E-state index contributed by atoms with van der Waals surface area (Å²) in [5, 5.41) is 0. The van der Waals surface area contributed by atoms with Crippen molar-refractivity contribution < 1.29 is 66.8 Å². The molecule has 17 heteroatoms. The van der Waals surface area contributed by atoms with E-state index < -0.39 is 5.92 Å². The molecule has 7 aromatic carbocycles. The minimum atomic E-state index is -0.470. The van der Waals surface area contributed by atoms with Crippen LogP contribution in [0.4, 0.5) is 0 Å². The number of piperidine rings is 1. The van der Waals surface area contributed by atoms with Gasteiger partial charge in [0, 0.05) is 70.1 Å². The van der Waals surface area contributed by atoms with Gasteiger partial charge in [-0.1, -0.05) is 288 Å². The lowest BCUT2D eigenvalue weighted by molar-refractivity contribution is -0.152. The highest BCUT2D eigenvalue weighted by Crippen LogP contribution is 2.33. The number of para-hydroxylation sites is 3. The van der Waals surface area contributed by atoms with Crippen molar-refractivity contribution >= 4 is 46.6 Å². The fourth-order valence-electron chi connectivity index (χ4n) is 10.2. The maximum atomic E-state index is 11.4. The predicted molar refractivity (Wildman–Crippen MR) is 499 cm³/mol. The van der Waals surface area contributed by atoms with Crippen molar-refractivity contribution in [1.82, 2.24) is 14.4 Å². The van der Waals surface area contributed by atoms with Crippen molar-refractivity contribution in [3.8, 4) is 17.2 Å². The fourth-order valence-corrected chi connectivity index (χ4v) is 10.2. The number of Topliss-reactive ketones (excluding diaryl/α,β-unsaturated/α-hetero) is 6. The second-order valence-corrected chi connectivity index (χ2v) is 28.7. The number of carbonyl (C=O) groups excluding carboxylic acids is 8. The third-order valence-electron chi connectivity index (χ3n) is 16.0. The second kappa shape index (κ2) is 76.0. The molecule has 4 heterocycles. The third kappa shape index (κ3) is 67.4. The lowest BCUT2D eigenvalue weighted by atomic mass is 9.91. The monoisotopic (exact) mass is 1650 g/mol. The van der Waals surface area contributed by atoms with E-state index in [1.54, 1.807) is 76.6 Å². The smallest absolute Gasteiger partial charge is 0.337 e. The number of methoxy groups -OCH3 is 3. The second-order valence-electron chi connectivity index (χ2n) is 28.7. The summed E-state index contributed by atoms with van der Waals surface area (Å²) in [5.74, 6) is 4.07. The normalized spacial score (nSPS) is 13.3. The van der Waals surface area contributed by atoms with Crippen LogP contribution in [0.3, 0.4) is 0 Å². The summed E-state index contributed by atoms with van der Waals surface area (Å²) in [5.41, 5.74) is 4.74. The Balaban J connectivity index is -0.000000602. The average molecular weight is 1660 g/mol. The molecule has 0 atom stereocenters. The zero-order chi connectivity index (χ0) is 91.5. The Morgan fingerprint density at radius 1 is 0.467 bits per heavy atom. The zero-order valence-electron chi connectivity index (χ0n) is 77.9. The van der Waals surface area contributed by atoms with E-state index in [0.717, 1.165) is 41.7 Å². The molecule has 8 aromatic rings. The number of ketones is 6.